The molecule has 0 aliphatic carbocycles. The summed E-state index contributed by atoms with van der Waals surface area (Å²) in [6.45, 7) is -0.00234. The molecule has 26 heavy (non-hydrogen) atoms. The lowest BCUT2D eigenvalue weighted by molar-refractivity contribution is 0.282. The van der Waals surface area contributed by atoms with Gasteiger partial charge in [0.05, 0.1) is 25.5 Å². The van der Waals surface area contributed by atoms with Crippen LogP contribution < -0.4 is 15.4 Å². The summed E-state index contributed by atoms with van der Waals surface area (Å²) in [5, 5.41) is 9.29. The third kappa shape index (κ3) is 2.75. The average molecular weight is 349 g/mol. The normalized spacial score (nSPS) is 16.2. The van der Waals surface area contributed by atoms with Crippen molar-refractivity contribution >= 4 is 17.4 Å². The number of amidine groups is 1. The number of nitrogens with two attached hydrogens (primary N) is 1. The molecule has 1 aliphatic rings. The highest BCUT2D eigenvalue weighted by Crippen LogP contribution is 2.37. The maximum atomic E-state index is 9.29. The number of nitrogens with zero attached hydrogens (tertiary/aromatic N) is 2. The van der Waals surface area contributed by atoms with Crippen molar-refractivity contribution in [3.63, 3.8) is 0 Å². The average Bonchev–Trinajstić information content (AvgIpc) is 3.17. The summed E-state index contributed by atoms with van der Waals surface area (Å²) in [5.74, 6) is 1.98. The zero-order valence-electron chi connectivity index (χ0n) is 14.3. The Morgan fingerprint density at radius 1 is 1.12 bits per heavy atom. The Hall–Kier alpha value is -3.09. The monoisotopic (exact) mass is 349 g/mol. The second-order valence-electron chi connectivity index (χ2n) is 5.98. The van der Waals surface area contributed by atoms with Crippen molar-refractivity contribution in [3.8, 4) is 5.75 Å². The van der Waals surface area contributed by atoms with E-state index in [2.05, 4.69) is 4.99 Å². The molecule has 0 bridgehead atoms. The number of aliphatic hydroxyl groups excluding tert-OH is 1. The summed E-state index contributed by atoms with van der Waals surface area (Å²) >= 11 is 0. The first-order valence-corrected chi connectivity index (χ1v) is 8.26. The van der Waals surface area contributed by atoms with Gasteiger partial charge in [0.25, 0.3) is 0 Å². The summed E-state index contributed by atoms with van der Waals surface area (Å²) in [4.78, 5) is 6.65. The fourth-order valence-corrected chi connectivity index (χ4v) is 3.04. The number of aliphatic imine (C=N–C) groups is 1. The van der Waals surface area contributed by atoms with Crippen LogP contribution in [-0.2, 0) is 6.61 Å². The largest absolute Gasteiger partial charge is 0.497 e. The van der Waals surface area contributed by atoms with Crippen LogP contribution in [0.1, 0.15) is 22.9 Å². The predicted octanol–water partition coefficient (Wildman–Crippen LogP) is 3.34. The summed E-state index contributed by atoms with van der Waals surface area (Å²) in [6.07, 6.45) is 1.16. The Bertz CT molecular complexity index is 930. The molecule has 132 valence electrons. The molecule has 3 N–H and O–H groups in total. The minimum Gasteiger partial charge on any atom is -0.497 e. The number of hydrogen-bond donors (Lipinski definition) is 2. The molecule has 2 aromatic carbocycles. The number of benzene rings is 2. The first-order valence-electron chi connectivity index (χ1n) is 8.26. The van der Waals surface area contributed by atoms with Crippen LogP contribution in [0.25, 0.3) is 0 Å². The van der Waals surface area contributed by atoms with Crippen molar-refractivity contribution in [2.24, 2.45) is 10.7 Å². The second kappa shape index (κ2) is 6.67. The maximum Gasteiger partial charge on any atom is 0.227 e. The molecule has 0 radical (unpaired) electrons. The second-order valence-corrected chi connectivity index (χ2v) is 5.98. The molecular formula is C20H19N3O3. The quantitative estimate of drug-likeness (QED) is 0.755. The van der Waals surface area contributed by atoms with Gasteiger partial charge in [-0.15, -0.1) is 0 Å². The molecule has 0 spiro atoms. The van der Waals surface area contributed by atoms with Crippen molar-refractivity contribution in [2.45, 2.75) is 12.8 Å². The van der Waals surface area contributed by atoms with E-state index in [9.17, 15) is 5.11 Å². The van der Waals surface area contributed by atoms with E-state index in [4.69, 9.17) is 14.9 Å². The minimum atomic E-state index is -0.432. The van der Waals surface area contributed by atoms with Crippen LogP contribution in [-0.4, -0.2) is 18.1 Å². The van der Waals surface area contributed by atoms with Gasteiger partial charge in [-0.25, -0.2) is 0 Å². The van der Waals surface area contributed by atoms with E-state index in [1.165, 1.54) is 0 Å². The molecule has 0 saturated heterocycles. The van der Waals surface area contributed by atoms with E-state index < -0.39 is 6.17 Å². The van der Waals surface area contributed by atoms with Crippen molar-refractivity contribution in [1.29, 1.82) is 0 Å². The molecule has 0 fully saturated rings. The van der Waals surface area contributed by atoms with Gasteiger partial charge in [-0.2, -0.15) is 4.99 Å². The number of fused-ring (bicyclic) bond motifs is 1. The van der Waals surface area contributed by atoms with E-state index >= 15 is 0 Å². The van der Waals surface area contributed by atoms with Crippen LogP contribution in [0.2, 0.25) is 0 Å². The molecule has 1 atom stereocenters. The number of methoxy groups -OCH3 is 1. The Balaban J connectivity index is 1.82. The number of ether oxygens (including phenoxy) is 1. The van der Waals surface area contributed by atoms with Gasteiger partial charge < -0.3 is 24.9 Å². The zero-order chi connectivity index (χ0) is 18.1. The van der Waals surface area contributed by atoms with Crippen LogP contribution in [0.4, 0.5) is 11.6 Å². The van der Waals surface area contributed by atoms with E-state index in [1.807, 2.05) is 59.5 Å². The van der Waals surface area contributed by atoms with E-state index in [1.54, 1.807) is 13.4 Å². The van der Waals surface area contributed by atoms with Gasteiger partial charge in [-0.3, -0.25) is 0 Å². The Morgan fingerprint density at radius 2 is 1.85 bits per heavy atom. The number of furan rings is 1. The minimum absolute atomic E-state index is 0.00234. The molecule has 1 aliphatic heterocycles. The first-order chi connectivity index (χ1) is 12.7. The number of rotatable bonds is 4. The van der Waals surface area contributed by atoms with Gasteiger partial charge in [0.1, 0.15) is 17.8 Å². The van der Waals surface area contributed by atoms with Crippen molar-refractivity contribution < 1.29 is 14.3 Å². The standard InChI is InChI=1S/C20H19N3O3/c1-25-16-8-4-14(5-9-16)19-22-20-17(10-11-26-20)18(21)23(19)15-6-2-13(12-24)3-7-15/h2-11,18,24H,12,21H2,1H3. The lowest BCUT2D eigenvalue weighted by Gasteiger charge is -2.34. The summed E-state index contributed by atoms with van der Waals surface area (Å²) in [6, 6.07) is 17.1. The SMILES string of the molecule is COc1ccc(C2=Nc3occc3C(N)N2c2ccc(CO)cc2)cc1. The van der Waals surface area contributed by atoms with Crippen LogP contribution in [0.15, 0.2) is 70.3 Å². The Labute approximate surface area is 151 Å². The predicted molar refractivity (Wildman–Crippen MR) is 99.7 cm³/mol. The highest BCUT2D eigenvalue weighted by Gasteiger charge is 2.31. The van der Waals surface area contributed by atoms with Gasteiger partial charge in [0, 0.05) is 11.3 Å². The zero-order valence-corrected chi connectivity index (χ0v) is 14.3. The third-order valence-corrected chi connectivity index (χ3v) is 4.45. The Morgan fingerprint density at radius 3 is 2.50 bits per heavy atom. The first kappa shape index (κ1) is 16.4. The fourth-order valence-electron chi connectivity index (χ4n) is 3.04. The number of hydrogen-bond acceptors (Lipinski definition) is 6. The van der Waals surface area contributed by atoms with E-state index in [0.717, 1.165) is 28.1 Å². The molecule has 1 unspecified atom stereocenters. The van der Waals surface area contributed by atoms with Crippen LogP contribution >= 0.6 is 0 Å². The molecule has 6 nitrogen and oxygen atoms in total. The van der Waals surface area contributed by atoms with Gasteiger partial charge in [-0.1, -0.05) is 12.1 Å². The number of anilines is 1. The van der Waals surface area contributed by atoms with Gasteiger partial charge in [0.2, 0.25) is 5.88 Å². The molecule has 4 rings (SSSR count). The molecule has 0 saturated carbocycles. The lowest BCUT2D eigenvalue weighted by Crippen LogP contribution is -2.41. The molecule has 0 amide bonds. The topological polar surface area (TPSA) is 84.2 Å². The molecular weight excluding hydrogens is 330 g/mol. The highest BCUT2D eigenvalue weighted by molar-refractivity contribution is 6.12. The van der Waals surface area contributed by atoms with Gasteiger partial charge in [-0.05, 0) is 48.0 Å². The summed E-state index contributed by atoms with van der Waals surface area (Å²) < 4.78 is 10.7. The smallest absolute Gasteiger partial charge is 0.227 e. The van der Waals surface area contributed by atoms with Crippen LogP contribution in [0, 0.1) is 0 Å². The third-order valence-electron chi connectivity index (χ3n) is 4.45. The van der Waals surface area contributed by atoms with Gasteiger partial charge >= 0.3 is 0 Å². The van der Waals surface area contributed by atoms with Crippen molar-refractivity contribution in [1.82, 2.24) is 0 Å². The van der Waals surface area contributed by atoms with Gasteiger partial charge in [0.15, 0.2) is 0 Å². The molecule has 2 heterocycles. The molecule has 1 aromatic heterocycles. The Kier molecular flexibility index (Phi) is 4.20. The van der Waals surface area contributed by atoms with Crippen molar-refractivity contribution in [2.75, 3.05) is 12.0 Å². The van der Waals surface area contributed by atoms with E-state index in [0.29, 0.717) is 11.7 Å². The number of aliphatic hydroxyl groups is 1. The van der Waals surface area contributed by atoms with Crippen LogP contribution in [0.5, 0.6) is 5.75 Å². The molecule has 3 aromatic rings. The van der Waals surface area contributed by atoms with Crippen LogP contribution in [0.3, 0.4) is 0 Å². The molecule has 6 heteroatoms. The van der Waals surface area contributed by atoms with Crippen molar-refractivity contribution in [3.05, 3.63) is 77.6 Å². The summed E-state index contributed by atoms with van der Waals surface area (Å²) in [7, 11) is 1.63. The maximum absolute atomic E-state index is 9.29. The lowest BCUT2D eigenvalue weighted by atomic mass is 10.1. The summed E-state index contributed by atoms with van der Waals surface area (Å²) in [5.41, 5.74) is 9.98. The highest BCUT2D eigenvalue weighted by atomic mass is 16.5. The fraction of sp³-hybridized carbons (Fsp3) is 0.150. The van der Waals surface area contributed by atoms with E-state index in [-0.39, 0.29) is 6.61 Å².